The first-order valence-electron chi connectivity index (χ1n) is 7.31. The van der Waals surface area contributed by atoms with Gasteiger partial charge in [-0.2, -0.15) is 0 Å². The predicted octanol–water partition coefficient (Wildman–Crippen LogP) is 1.24. The molecule has 1 amide bonds. The van der Waals surface area contributed by atoms with Crippen molar-refractivity contribution in [3.63, 3.8) is 0 Å². The second kappa shape index (κ2) is 7.22. The Labute approximate surface area is 124 Å². The fourth-order valence-electron chi connectivity index (χ4n) is 2.62. The molecule has 0 saturated heterocycles. The van der Waals surface area contributed by atoms with Gasteiger partial charge in [-0.1, -0.05) is 18.2 Å². The van der Waals surface area contributed by atoms with Gasteiger partial charge in [0.05, 0.1) is 13.5 Å². The molecular weight excluding hydrogens is 268 g/mol. The standard InChI is InChI=1S/C16H22N2O3/c1-21-16(20)3-2-8-18-15(19)10-11-4-6-13-12(9-11)5-7-14(13)17/h4,6,9,14H,2-3,5,7-8,10,17H2,1H3,(H,18,19). The highest BCUT2D eigenvalue weighted by Crippen LogP contribution is 2.29. The van der Waals surface area contributed by atoms with Crippen LogP contribution in [-0.2, 0) is 27.2 Å². The molecule has 1 aliphatic rings. The average molecular weight is 290 g/mol. The summed E-state index contributed by atoms with van der Waals surface area (Å²) in [7, 11) is 1.36. The highest BCUT2D eigenvalue weighted by molar-refractivity contribution is 5.78. The van der Waals surface area contributed by atoms with E-state index in [-0.39, 0.29) is 17.9 Å². The van der Waals surface area contributed by atoms with E-state index in [0.717, 1.165) is 18.4 Å². The van der Waals surface area contributed by atoms with Crippen LogP contribution in [0.25, 0.3) is 0 Å². The highest BCUT2D eigenvalue weighted by atomic mass is 16.5. The summed E-state index contributed by atoms with van der Waals surface area (Å²) in [6, 6.07) is 6.22. The van der Waals surface area contributed by atoms with E-state index in [9.17, 15) is 9.59 Å². The summed E-state index contributed by atoms with van der Waals surface area (Å²) in [5, 5.41) is 2.82. The van der Waals surface area contributed by atoms with Gasteiger partial charge in [-0.25, -0.2) is 0 Å². The molecular formula is C16H22N2O3. The summed E-state index contributed by atoms with van der Waals surface area (Å²) in [5.41, 5.74) is 9.47. The van der Waals surface area contributed by atoms with Crippen molar-refractivity contribution in [2.24, 2.45) is 5.73 Å². The summed E-state index contributed by atoms with van der Waals surface area (Å²) >= 11 is 0. The molecule has 0 heterocycles. The van der Waals surface area contributed by atoms with E-state index in [1.807, 2.05) is 12.1 Å². The van der Waals surface area contributed by atoms with Gasteiger partial charge in [-0.15, -0.1) is 0 Å². The lowest BCUT2D eigenvalue weighted by Crippen LogP contribution is -2.26. The number of fused-ring (bicyclic) bond motifs is 1. The summed E-state index contributed by atoms with van der Waals surface area (Å²) in [6.45, 7) is 0.490. The topological polar surface area (TPSA) is 81.4 Å². The van der Waals surface area contributed by atoms with Crippen molar-refractivity contribution in [1.29, 1.82) is 0 Å². The molecule has 1 aromatic carbocycles. The molecule has 3 N–H and O–H groups in total. The van der Waals surface area contributed by atoms with Gasteiger partial charge in [-0.05, 0) is 36.0 Å². The van der Waals surface area contributed by atoms with Crippen LogP contribution in [0.15, 0.2) is 18.2 Å². The predicted molar refractivity (Wildman–Crippen MR) is 79.7 cm³/mol. The molecule has 0 aliphatic heterocycles. The number of nitrogens with two attached hydrogens (primary N) is 1. The molecule has 0 aromatic heterocycles. The first-order valence-corrected chi connectivity index (χ1v) is 7.31. The van der Waals surface area contributed by atoms with Crippen molar-refractivity contribution >= 4 is 11.9 Å². The second-order valence-corrected chi connectivity index (χ2v) is 5.38. The Bertz CT molecular complexity index is 528. The van der Waals surface area contributed by atoms with Crippen LogP contribution in [-0.4, -0.2) is 25.5 Å². The van der Waals surface area contributed by atoms with Crippen LogP contribution in [0.5, 0.6) is 0 Å². The van der Waals surface area contributed by atoms with E-state index in [0.29, 0.717) is 25.8 Å². The number of carbonyl (C=O) groups excluding carboxylic acids is 2. The Kier molecular flexibility index (Phi) is 5.33. The zero-order chi connectivity index (χ0) is 15.2. The van der Waals surface area contributed by atoms with Crippen molar-refractivity contribution in [2.75, 3.05) is 13.7 Å². The normalized spacial score (nSPS) is 16.4. The molecule has 114 valence electrons. The number of aryl methyl sites for hydroxylation is 1. The van der Waals surface area contributed by atoms with Crippen LogP contribution in [0.3, 0.4) is 0 Å². The van der Waals surface area contributed by atoms with E-state index in [2.05, 4.69) is 16.1 Å². The minimum absolute atomic E-state index is 0.0258. The van der Waals surface area contributed by atoms with Gasteiger partial charge < -0.3 is 15.8 Å². The lowest BCUT2D eigenvalue weighted by Gasteiger charge is -2.08. The molecule has 1 unspecified atom stereocenters. The Morgan fingerprint density at radius 1 is 1.43 bits per heavy atom. The highest BCUT2D eigenvalue weighted by Gasteiger charge is 2.19. The van der Waals surface area contributed by atoms with Gasteiger partial charge in [-0.3, -0.25) is 9.59 Å². The van der Waals surface area contributed by atoms with Crippen molar-refractivity contribution in [3.05, 3.63) is 34.9 Å². The third-order valence-corrected chi connectivity index (χ3v) is 3.80. The first kappa shape index (κ1) is 15.5. The number of nitrogens with one attached hydrogen (secondary N) is 1. The number of esters is 1. The summed E-state index contributed by atoms with van der Waals surface area (Å²) < 4.78 is 4.54. The van der Waals surface area contributed by atoms with E-state index in [1.54, 1.807) is 0 Å². The van der Waals surface area contributed by atoms with Gasteiger partial charge in [0.25, 0.3) is 0 Å². The minimum Gasteiger partial charge on any atom is -0.469 e. The lowest BCUT2D eigenvalue weighted by molar-refractivity contribution is -0.140. The van der Waals surface area contributed by atoms with Crippen LogP contribution in [0, 0.1) is 0 Å². The number of benzene rings is 1. The molecule has 1 aromatic rings. The average Bonchev–Trinajstić information content (AvgIpc) is 2.84. The van der Waals surface area contributed by atoms with Crippen molar-refractivity contribution < 1.29 is 14.3 Å². The largest absolute Gasteiger partial charge is 0.469 e. The van der Waals surface area contributed by atoms with Gasteiger partial charge in [0.15, 0.2) is 0 Å². The van der Waals surface area contributed by atoms with E-state index < -0.39 is 0 Å². The van der Waals surface area contributed by atoms with Crippen molar-refractivity contribution in [3.8, 4) is 0 Å². The Morgan fingerprint density at radius 2 is 2.24 bits per heavy atom. The number of methoxy groups -OCH3 is 1. The number of amides is 1. The molecule has 1 aliphatic carbocycles. The number of hydrogen-bond donors (Lipinski definition) is 2. The molecule has 21 heavy (non-hydrogen) atoms. The van der Waals surface area contributed by atoms with E-state index in [4.69, 9.17) is 5.73 Å². The monoisotopic (exact) mass is 290 g/mol. The zero-order valence-electron chi connectivity index (χ0n) is 12.4. The molecule has 0 spiro atoms. The molecule has 2 rings (SSSR count). The molecule has 5 nitrogen and oxygen atoms in total. The maximum absolute atomic E-state index is 11.8. The van der Waals surface area contributed by atoms with Gasteiger partial charge in [0.1, 0.15) is 0 Å². The fourth-order valence-corrected chi connectivity index (χ4v) is 2.62. The van der Waals surface area contributed by atoms with Crippen LogP contribution in [0.4, 0.5) is 0 Å². The quantitative estimate of drug-likeness (QED) is 0.610. The Hall–Kier alpha value is -1.88. The van der Waals surface area contributed by atoms with Crippen molar-refractivity contribution in [1.82, 2.24) is 5.32 Å². The maximum Gasteiger partial charge on any atom is 0.305 e. The molecule has 0 radical (unpaired) electrons. The summed E-state index contributed by atoms with van der Waals surface area (Å²) in [6.07, 6.45) is 3.26. The van der Waals surface area contributed by atoms with Crippen LogP contribution < -0.4 is 11.1 Å². The smallest absolute Gasteiger partial charge is 0.305 e. The van der Waals surface area contributed by atoms with E-state index in [1.165, 1.54) is 18.2 Å². The second-order valence-electron chi connectivity index (χ2n) is 5.38. The zero-order valence-corrected chi connectivity index (χ0v) is 12.4. The van der Waals surface area contributed by atoms with Crippen LogP contribution >= 0.6 is 0 Å². The van der Waals surface area contributed by atoms with Crippen LogP contribution in [0.1, 0.15) is 42.0 Å². The molecule has 1 atom stereocenters. The molecule has 0 fully saturated rings. The van der Waals surface area contributed by atoms with Crippen molar-refractivity contribution in [2.45, 2.75) is 38.1 Å². The SMILES string of the molecule is COC(=O)CCCNC(=O)Cc1ccc2c(c1)CCC2N. The first-order chi connectivity index (χ1) is 10.1. The summed E-state index contributed by atoms with van der Waals surface area (Å²) in [4.78, 5) is 22.8. The third-order valence-electron chi connectivity index (χ3n) is 3.80. The lowest BCUT2D eigenvalue weighted by atomic mass is 10.0. The third kappa shape index (κ3) is 4.29. The Morgan fingerprint density at radius 3 is 3.00 bits per heavy atom. The van der Waals surface area contributed by atoms with Gasteiger partial charge in [0.2, 0.25) is 5.91 Å². The number of carbonyl (C=O) groups is 2. The maximum atomic E-state index is 11.8. The minimum atomic E-state index is -0.251. The number of ether oxygens (including phenoxy) is 1. The molecule has 5 heteroatoms. The van der Waals surface area contributed by atoms with E-state index >= 15 is 0 Å². The fraction of sp³-hybridized carbons (Fsp3) is 0.500. The summed E-state index contributed by atoms with van der Waals surface area (Å²) in [5.74, 6) is -0.277. The van der Waals surface area contributed by atoms with Gasteiger partial charge in [0, 0.05) is 19.0 Å². The number of hydrogen-bond acceptors (Lipinski definition) is 4. The molecule has 0 saturated carbocycles. The number of rotatable bonds is 6. The van der Waals surface area contributed by atoms with Gasteiger partial charge >= 0.3 is 5.97 Å². The van der Waals surface area contributed by atoms with Crippen LogP contribution in [0.2, 0.25) is 0 Å². The molecule has 0 bridgehead atoms. The Balaban J connectivity index is 1.77.